The largest absolute Gasteiger partial charge is 0.312 e. The highest BCUT2D eigenvalue weighted by Gasteiger charge is 2.31. The molecular formula is C12H20N2O3S3. The molecule has 1 fully saturated rings. The smallest absolute Gasteiger partial charge is 0.244 e. The summed E-state index contributed by atoms with van der Waals surface area (Å²) in [4.78, 5) is 1.30. The molecule has 0 bridgehead atoms. The zero-order valence-electron chi connectivity index (χ0n) is 11.7. The number of sulfonamides is 1. The van der Waals surface area contributed by atoms with Crippen LogP contribution in [0.4, 0.5) is 0 Å². The minimum atomic E-state index is -3.46. The molecule has 1 N–H and O–H groups in total. The molecule has 0 spiro atoms. The molecule has 1 aromatic rings. The van der Waals surface area contributed by atoms with E-state index >= 15 is 0 Å². The van der Waals surface area contributed by atoms with E-state index in [2.05, 4.69) is 5.32 Å². The van der Waals surface area contributed by atoms with Gasteiger partial charge in [0.1, 0.15) is 4.90 Å². The van der Waals surface area contributed by atoms with Crippen LogP contribution in [0.25, 0.3) is 0 Å². The van der Waals surface area contributed by atoms with Crippen LogP contribution in [0.5, 0.6) is 0 Å². The van der Waals surface area contributed by atoms with Crippen molar-refractivity contribution in [2.24, 2.45) is 0 Å². The lowest BCUT2D eigenvalue weighted by atomic mass is 10.3. The summed E-state index contributed by atoms with van der Waals surface area (Å²) in [6, 6.07) is 0. The van der Waals surface area contributed by atoms with Gasteiger partial charge in [-0.05, 0) is 24.4 Å². The van der Waals surface area contributed by atoms with Gasteiger partial charge >= 0.3 is 0 Å². The van der Waals surface area contributed by atoms with Crippen LogP contribution in [0, 0.1) is 6.92 Å². The van der Waals surface area contributed by atoms with Gasteiger partial charge in [0, 0.05) is 46.8 Å². The van der Waals surface area contributed by atoms with E-state index in [-0.39, 0.29) is 0 Å². The maximum atomic E-state index is 12.8. The molecule has 0 atom stereocenters. The molecule has 8 heteroatoms. The van der Waals surface area contributed by atoms with Crippen LogP contribution < -0.4 is 5.32 Å². The van der Waals surface area contributed by atoms with Gasteiger partial charge in [-0.2, -0.15) is 4.31 Å². The van der Waals surface area contributed by atoms with Gasteiger partial charge in [0.25, 0.3) is 0 Å². The highest BCUT2D eigenvalue weighted by Crippen LogP contribution is 2.30. The van der Waals surface area contributed by atoms with Crippen LogP contribution in [-0.4, -0.2) is 48.1 Å². The van der Waals surface area contributed by atoms with Gasteiger partial charge in [0.15, 0.2) is 0 Å². The molecule has 0 saturated carbocycles. The van der Waals surface area contributed by atoms with E-state index < -0.39 is 20.8 Å². The number of rotatable bonds is 5. The average Bonchev–Trinajstić information content (AvgIpc) is 2.78. The van der Waals surface area contributed by atoms with Crippen molar-refractivity contribution in [3.63, 3.8) is 0 Å². The molecule has 5 nitrogen and oxygen atoms in total. The molecule has 114 valence electrons. The van der Waals surface area contributed by atoms with Gasteiger partial charge in [0.05, 0.1) is 0 Å². The molecule has 2 rings (SSSR count). The summed E-state index contributed by atoms with van der Waals surface area (Å²) >= 11 is 1.48. The van der Waals surface area contributed by atoms with Gasteiger partial charge < -0.3 is 5.32 Å². The minimum absolute atomic E-state index is 0.352. The number of hydrogen-bond acceptors (Lipinski definition) is 5. The second-order valence-electron chi connectivity index (χ2n) is 4.70. The Morgan fingerprint density at radius 3 is 2.65 bits per heavy atom. The van der Waals surface area contributed by atoms with Crippen LogP contribution in [0.2, 0.25) is 0 Å². The van der Waals surface area contributed by atoms with Gasteiger partial charge in [-0.3, -0.25) is 4.21 Å². The van der Waals surface area contributed by atoms with E-state index in [0.29, 0.717) is 36.0 Å². The van der Waals surface area contributed by atoms with Crippen molar-refractivity contribution in [3.8, 4) is 0 Å². The first kappa shape index (κ1) is 16.1. The fraction of sp³-hybridized carbons (Fsp3) is 0.667. The molecule has 0 unspecified atom stereocenters. The summed E-state index contributed by atoms with van der Waals surface area (Å²) in [7, 11) is -4.34. The van der Waals surface area contributed by atoms with Crippen molar-refractivity contribution in [2.75, 3.05) is 31.1 Å². The van der Waals surface area contributed by atoms with Crippen molar-refractivity contribution in [1.29, 1.82) is 0 Å². The lowest BCUT2D eigenvalue weighted by Gasteiger charge is -2.26. The third-order valence-corrected chi connectivity index (χ3v) is 7.90. The topological polar surface area (TPSA) is 66.5 Å². The predicted molar refractivity (Wildman–Crippen MR) is 83.1 cm³/mol. The fourth-order valence-electron chi connectivity index (χ4n) is 2.18. The zero-order valence-corrected chi connectivity index (χ0v) is 14.2. The molecule has 0 aromatic carbocycles. The minimum Gasteiger partial charge on any atom is -0.312 e. The SMILES string of the molecule is CCNCc1scc(C)c1S(=O)(=O)N1CCS(=O)CC1. The Balaban J connectivity index is 2.29. The Labute approximate surface area is 126 Å². The first-order valence-electron chi connectivity index (χ1n) is 6.59. The number of aryl methyl sites for hydroxylation is 1. The molecular weight excluding hydrogens is 316 g/mol. The molecule has 1 aromatic heterocycles. The normalized spacial score (nSPS) is 18.5. The average molecular weight is 337 g/mol. The van der Waals surface area contributed by atoms with Crippen molar-refractivity contribution in [3.05, 3.63) is 15.8 Å². The Hall–Kier alpha value is -0.280. The maximum absolute atomic E-state index is 12.8. The Morgan fingerprint density at radius 2 is 2.05 bits per heavy atom. The monoisotopic (exact) mass is 336 g/mol. The standard InChI is InChI=1S/C12H20N2O3S3/c1-3-13-8-11-12(10(2)9-18-11)20(16,17)14-4-6-19(15)7-5-14/h9,13H,3-8H2,1-2H3. The Bertz CT molecular complexity index is 585. The highest BCUT2D eigenvalue weighted by molar-refractivity contribution is 7.89. The fourth-order valence-corrected chi connectivity index (χ4v) is 6.64. The number of nitrogens with one attached hydrogen (secondary N) is 1. The quantitative estimate of drug-likeness (QED) is 0.868. The predicted octanol–water partition coefficient (Wildman–Crippen LogP) is 0.919. The Morgan fingerprint density at radius 1 is 1.40 bits per heavy atom. The second kappa shape index (κ2) is 6.65. The summed E-state index contributed by atoms with van der Waals surface area (Å²) in [6.07, 6.45) is 0. The third kappa shape index (κ3) is 3.30. The van der Waals surface area contributed by atoms with Gasteiger partial charge in [-0.15, -0.1) is 11.3 Å². The van der Waals surface area contributed by atoms with E-state index in [1.165, 1.54) is 15.6 Å². The zero-order chi connectivity index (χ0) is 14.8. The van der Waals surface area contributed by atoms with Gasteiger partial charge in [0.2, 0.25) is 10.0 Å². The van der Waals surface area contributed by atoms with E-state index in [9.17, 15) is 12.6 Å². The summed E-state index contributed by atoms with van der Waals surface area (Å²) < 4.78 is 38.4. The van der Waals surface area contributed by atoms with Crippen molar-refractivity contribution >= 4 is 32.2 Å². The number of thiophene rings is 1. The van der Waals surface area contributed by atoms with Gasteiger partial charge in [-0.1, -0.05) is 6.92 Å². The molecule has 1 saturated heterocycles. The molecule has 20 heavy (non-hydrogen) atoms. The van der Waals surface area contributed by atoms with E-state index in [0.717, 1.165) is 17.0 Å². The number of nitrogens with zero attached hydrogens (tertiary/aromatic N) is 1. The third-order valence-electron chi connectivity index (χ3n) is 3.26. The Kier molecular flexibility index (Phi) is 5.36. The lowest BCUT2D eigenvalue weighted by molar-refractivity contribution is 0.438. The van der Waals surface area contributed by atoms with E-state index in [4.69, 9.17) is 0 Å². The summed E-state index contributed by atoms with van der Waals surface area (Å²) in [5, 5.41) is 5.07. The summed E-state index contributed by atoms with van der Waals surface area (Å²) in [5.74, 6) is 0.871. The maximum Gasteiger partial charge on any atom is 0.244 e. The first-order chi connectivity index (χ1) is 9.46. The first-order valence-corrected chi connectivity index (χ1v) is 10.4. The molecule has 1 aliphatic rings. The van der Waals surface area contributed by atoms with Crippen LogP contribution >= 0.6 is 11.3 Å². The molecule has 0 radical (unpaired) electrons. The summed E-state index contributed by atoms with van der Waals surface area (Å²) in [6.45, 7) is 5.91. The van der Waals surface area contributed by atoms with E-state index in [1.807, 2.05) is 19.2 Å². The van der Waals surface area contributed by atoms with E-state index in [1.54, 1.807) is 0 Å². The number of hydrogen-bond donors (Lipinski definition) is 1. The van der Waals surface area contributed by atoms with Crippen LogP contribution in [0.3, 0.4) is 0 Å². The van der Waals surface area contributed by atoms with Crippen molar-refractivity contribution in [1.82, 2.24) is 9.62 Å². The highest BCUT2D eigenvalue weighted by atomic mass is 32.2. The molecule has 1 aliphatic heterocycles. The lowest BCUT2D eigenvalue weighted by Crippen LogP contribution is -2.42. The molecule has 0 aliphatic carbocycles. The van der Waals surface area contributed by atoms with Crippen molar-refractivity contribution < 1.29 is 12.6 Å². The van der Waals surface area contributed by atoms with Gasteiger partial charge in [-0.25, -0.2) is 8.42 Å². The van der Waals surface area contributed by atoms with Crippen molar-refractivity contribution in [2.45, 2.75) is 25.3 Å². The van der Waals surface area contributed by atoms with Crippen LogP contribution in [0.15, 0.2) is 10.3 Å². The van der Waals surface area contributed by atoms with Crippen LogP contribution in [0.1, 0.15) is 17.4 Å². The molecule has 2 heterocycles. The van der Waals surface area contributed by atoms with Crippen LogP contribution in [-0.2, 0) is 27.4 Å². The summed E-state index contributed by atoms with van der Waals surface area (Å²) in [5.41, 5.74) is 0.801. The second-order valence-corrected chi connectivity index (χ2v) is 9.24. The molecule has 0 amide bonds.